The van der Waals surface area contributed by atoms with Crippen LogP contribution in [0.3, 0.4) is 0 Å². The van der Waals surface area contributed by atoms with Crippen molar-refractivity contribution >= 4 is 5.91 Å². The van der Waals surface area contributed by atoms with Gasteiger partial charge in [0.25, 0.3) is 0 Å². The van der Waals surface area contributed by atoms with Gasteiger partial charge in [0.15, 0.2) is 0 Å². The van der Waals surface area contributed by atoms with Gasteiger partial charge in [0, 0.05) is 32.6 Å². The van der Waals surface area contributed by atoms with Crippen molar-refractivity contribution in [2.24, 2.45) is 0 Å². The van der Waals surface area contributed by atoms with Gasteiger partial charge < -0.3 is 15.1 Å². The summed E-state index contributed by atoms with van der Waals surface area (Å²) in [5.74, 6) is 0.347. The summed E-state index contributed by atoms with van der Waals surface area (Å²) in [5.41, 5.74) is 0. The third-order valence-corrected chi connectivity index (χ3v) is 3.78. The van der Waals surface area contributed by atoms with Crippen molar-refractivity contribution in [1.82, 2.24) is 15.1 Å². The maximum absolute atomic E-state index is 12.1. The van der Waals surface area contributed by atoms with Gasteiger partial charge in [0.2, 0.25) is 5.91 Å². The van der Waals surface area contributed by atoms with E-state index < -0.39 is 0 Å². The van der Waals surface area contributed by atoms with Gasteiger partial charge in [-0.3, -0.25) is 4.79 Å². The Labute approximate surface area is 104 Å². The van der Waals surface area contributed by atoms with Crippen molar-refractivity contribution < 1.29 is 4.79 Å². The molecule has 98 valence electrons. The number of carbonyl (C=O) groups is 1. The highest BCUT2D eigenvalue weighted by Crippen LogP contribution is 2.09. The minimum Gasteiger partial charge on any atom is -0.341 e. The number of piperidine rings is 1. The fraction of sp³-hybridized carbons (Fsp3) is 0.923. The smallest absolute Gasteiger partial charge is 0.223 e. The molecule has 0 aromatic carbocycles. The van der Waals surface area contributed by atoms with E-state index in [9.17, 15) is 4.79 Å². The number of amides is 1. The SMILES string of the molecule is O=C(CCN1CCCCC1)N1CCCNCC1. The third-order valence-electron chi connectivity index (χ3n) is 3.78. The zero-order valence-corrected chi connectivity index (χ0v) is 10.8. The monoisotopic (exact) mass is 239 g/mol. The lowest BCUT2D eigenvalue weighted by molar-refractivity contribution is -0.131. The maximum Gasteiger partial charge on any atom is 0.223 e. The molecular weight excluding hydrogens is 214 g/mol. The van der Waals surface area contributed by atoms with Gasteiger partial charge in [-0.1, -0.05) is 6.42 Å². The minimum absolute atomic E-state index is 0.347. The van der Waals surface area contributed by atoms with Crippen LogP contribution in [0.15, 0.2) is 0 Å². The number of rotatable bonds is 3. The zero-order chi connectivity index (χ0) is 11.9. The molecule has 1 amide bonds. The Morgan fingerprint density at radius 3 is 2.59 bits per heavy atom. The van der Waals surface area contributed by atoms with Gasteiger partial charge in [-0.15, -0.1) is 0 Å². The van der Waals surface area contributed by atoms with Gasteiger partial charge in [-0.25, -0.2) is 0 Å². The van der Waals surface area contributed by atoms with Crippen LogP contribution in [-0.4, -0.2) is 61.5 Å². The zero-order valence-electron chi connectivity index (χ0n) is 10.8. The van der Waals surface area contributed by atoms with Crippen LogP contribution in [0.1, 0.15) is 32.1 Å². The summed E-state index contributed by atoms with van der Waals surface area (Å²) < 4.78 is 0. The molecule has 2 saturated heterocycles. The molecule has 4 nitrogen and oxygen atoms in total. The second kappa shape index (κ2) is 6.97. The van der Waals surface area contributed by atoms with Crippen LogP contribution < -0.4 is 5.32 Å². The second-order valence-corrected chi connectivity index (χ2v) is 5.14. The van der Waals surface area contributed by atoms with E-state index in [1.165, 1.54) is 32.4 Å². The van der Waals surface area contributed by atoms with Crippen molar-refractivity contribution in [3.8, 4) is 0 Å². The second-order valence-electron chi connectivity index (χ2n) is 5.14. The molecule has 2 aliphatic heterocycles. The molecule has 1 N–H and O–H groups in total. The van der Waals surface area contributed by atoms with Gasteiger partial charge in [-0.05, 0) is 38.9 Å². The Morgan fingerprint density at radius 1 is 0.941 bits per heavy atom. The van der Waals surface area contributed by atoms with E-state index in [4.69, 9.17) is 0 Å². The number of nitrogens with zero attached hydrogens (tertiary/aromatic N) is 2. The largest absolute Gasteiger partial charge is 0.341 e. The first-order valence-electron chi connectivity index (χ1n) is 7.07. The molecule has 0 spiro atoms. The Balaban J connectivity index is 1.68. The molecule has 2 rings (SSSR count). The van der Waals surface area contributed by atoms with Crippen molar-refractivity contribution in [3.63, 3.8) is 0 Å². The molecule has 0 atom stereocenters. The molecule has 2 fully saturated rings. The Hall–Kier alpha value is -0.610. The number of hydrogen-bond acceptors (Lipinski definition) is 3. The number of nitrogens with one attached hydrogen (secondary N) is 1. The molecule has 0 unspecified atom stereocenters. The van der Waals surface area contributed by atoms with Crippen molar-refractivity contribution in [2.45, 2.75) is 32.1 Å². The highest BCUT2D eigenvalue weighted by atomic mass is 16.2. The van der Waals surface area contributed by atoms with E-state index in [0.29, 0.717) is 12.3 Å². The summed E-state index contributed by atoms with van der Waals surface area (Å²) in [6, 6.07) is 0. The van der Waals surface area contributed by atoms with Crippen LogP contribution in [-0.2, 0) is 4.79 Å². The average Bonchev–Trinajstić information content (AvgIpc) is 2.66. The summed E-state index contributed by atoms with van der Waals surface area (Å²) >= 11 is 0. The van der Waals surface area contributed by atoms with Gasteiger partial charge in [0.05, 0.1) is 0 Å². The molecule has 2 heterocycles. The highest BCUT2D eigenvalue weighted by molar-refractivity contribution is 5.76. The molecular formula is C13H25N3O. The Bertz CT molecular complexity index is 231. The predicted octanol–water partition coefficient (Wildman–Crippen LogP) is 0.684. The lowest BCUT2D eigenvalue weighted by atomic mass is 10.1. The quantitative estimate of drug-likeness (QED) is 0.787. The lowest BCUT2D eigenvalue weighted by Gasteiger charge is -2.27. The summed E-state index contributed by atoms with van der Waals surface area (Å²) in [5, 5.41) is 3.33. The van der Waals surface area contributed by atoms with Gasteiger partial charge in [0.1, 0.15) is 0 Å². The summed E-state index contributed by atoms with van der Waals surface area (Å²) in [4.78, 5) is 16.5. The minimum atomic E-state index is 0.347. The topological polar surface area (TPSA) is 35.6 Å². The fourth-order valence-corrected chi connectivity index (χ4v) is 2.69. The number of likely N-dealkylation sites (tertiary alicyclic amines) is 1. The molecule has 2 aliphatic rings. The number of hydrogen-bond donors (Lipinski definition) is 1. The molecule has 4 heteroatoms. The molecule has 0 saturated carbocycles. The average molecular weight is 239 g/mol. The van der Waals surface area contributed by atoms with E-state index in [1.807, 2.05) is 4.90 Å². The normalized spacial score (nSPS) is 23.4. The van der Waals surface area contributed by atoms with Crippen LogP contribution >= 0.6 is 0 Å². The first-order valence-corrected chi connectivity index (χ1v) is 7.07. The van der Waals surface area contributed by atoms with Gasteiger partial charge >= 0.3 is 0 Å². The summed E-state index contributed by atoms with van der Waals surface area (Å²) in [7, 11) is 0. The van der Waals surface area contributed by atoms with Gasteiger partial charge in [-0.2, -0.15) is 0 Å². The van der Waals surface area contributed by atoms with E-state index in [2.05, 4.69) is 10.2 Å². The van der Waals surface area contributed by atoms with Crippen LogP contribution in [0.4, 0.5) is 0 Å². The first kappa shape index (κ1) is 12.8. The lowest BCUT2D eigenvalue weighted by Crippen LogP contribution is -2.38. The Kier molecular flexibility index (Phi) is 5.26. The number of carbonyl (C=O) groups excluding carboxylic acids is 1. The highest BCUT2D eigenvalue weighted by Gasteiger charge is 2.17. The Morgan fingerprint density at radius 2 is 1.76 bits per heavy atom. The predicted molar refractivity (Wildman–Crippen MR) is 69.0 cm³/mol. The molecule has 0 aliphatic carbocycles. The summed E-state index contributed by atoms with van der Waals surface area (Å²) in [6.07, 6.45) is 5.78. The fourth-order valence-electron chi connectivity index (χ4n) is 2.69. The van der Waals surface area contributed by atoms with Crippen LogP contribution in [0.2, 0.25) is 0 Å². The summed E-state index contributed by atoms with van der Waals surface area (Å²) in [6.45, 7) is 7.17. The van der Waals surface area contributed by atoms with Crippen LogP contribution in [0.25, 0.3) is 0 Å². The molecule has 0 aromatic rings. The molecule has 17 heavy (non-hydrogen) atoms. The van der Waals surface area contributed by atoms with Crippen molar-refractivity contribution in [1.29, 1.82) is 0 Å². The van der Waals surface area contributed by atoms with E-state index in [-0.39, 0.29) is 0 Å². The van der Waals surface area contributed by atoms with Crippen LogP contribution in [0.5, 0.6) is 0 Å². The van der Waals surface area contributed by atoms with E-state index in [1.54, 1.807) is 0 Å². The maximum atomic E-state index is 12.1. The third kappa shape index (κ3) is 4.28. The first-order chi connectivity index (χ1) is 8.36. The molecule has 0 bridgehead atoms. The standard InChI is InChI=1S/C13H25N3O/c17-13(16-10-4-6-14-7-12-16)5-11-15-8-2-1-3-9-15/h14H,1-12H2. The molecule has 0 aromatic heterocycles. The van der Waals surface area contributed by atoms with Crippen LogP contribution in [0, 0.1) is 0 Å². The van der Waals surface area contributed by atoms with Crippen molar-refractivity contribution in [2.75, 3.05) is 45.8 Å². The van der Waals surface area contributed by atoms with Crippen molar-refractivity contribution in [3.05, 3.63) is 0 Å². The van der Waals surface area contributed by atoms with E-state index in [0.717, 1.165) is 39.1 Å². The molecule has 0 radical (unpaired) electrons. The van der Waals surface area contributed by atoms with E-state index >= 15 is 0 Å².